The summed E-state index contributed by atoms with van der Waals surface area (Å²) in [5, 5.41) is 30.3. The average Bonchev–Trinajstić information content (AvgIpc) is 3.63. The number of carbonyl (C=O) groups is 2. The molecule has 0 spiro atoms. The van der Waals surface area contributed by atoms with Crippen LogP contribution in [0.3, 0.4) is 0 Å². The van der Waals surface area contributed by atoms with Crippen LogP contribution in [0.5, 0.6) is 5.75 Å². The number of aromatic hydroxyl groups is 1. The number of aromatic nitrogens is 6. The summed E-state index contributed by atoms with van der Waals surface area (Å²) < 4.78 is 0. The Morgan fingerprint density at radius 3 is 2.54 bits per heavy atom. The number of rotatable bonds is 12. The molecule has 0 aliphatic heterocycles. The molecule has 4 bridgehead atoms. The number of phenols is 1. The van der Waals surface area contributed by atoms with Crippen LogP contribution in [0.1, 0.15) is 56.1 Å². The highest BCUT2D eigenvalue weighted by atomic mass is 16.3. The van der Waals surface area contributed by atoms with Crippen molar-refractivity contribution in [2.45, 2.75) is 64.3 Å². The fraction of sp³-hybridized carbons (Fsp3) is 0.586. The zero-order valence-corrected chi connectivity index (χ0v) is 23.3. The number of benzene rings is 1. The first kappa shape index (κ1) is 27.2. The van der Waals surface area contributed by atoms with Gasteiger partial charge in [-0.1, -0.05) is 24.2 Å². The molecule has 41 heavy (non-hydrogen) atoms. The van der Waals surface area contributed by atoms with Crippen molar-refractivity contribution in [1.29, 1.82) is 0 Å². The highest BCUT2D eigenvalue weighted by Crippen LogP contribution is 2.64. The van der Waals surface area contributed by atoms with Gasteiger partial charge in [0.2, 0.25) is 11.8 Å². The van der Waals surface area contributed by atoms with Crippen molar-refractivity contribution in [2.75, 3.05) is 11.9 Å². The van der Waals surface area contributed by atoms with Crippen molar-refractivity contribution >= 4 is 17.8 Å². The van der Waals surface area contributed by atoms with E-state index in [-0.39, 0.29) is 35.4 Å². The molecule has 4 aliphatic rings. The SMILES string of the molecule is CCc1ncc(C[C@@H](CNc2nn[nH]n2)NC(=O)[C@@H](Cc2ccc(O)cc2)C2C3CC4CC(C3)CC2(C(N)=O)C4)[nH]1. The van der Waals surface area contributed by atoms with E-state index in [1.807, 2.05) is 19.1 Å². The monoisotopic (exact) mass is 561 g/mol. The van der Waals surface area contributed by atoms with Crippen LogP contribution in [0.15, 0.2) is 30.5 Å². The lowest BCUT2D eigenvalue weighted by atomic mass is 9.42. The maximum absolute atomic E-state index is 14.4. The number of primary amides is 1. The van der Waals surface area contributed by atoms with Crippen LogP contribution in [0.4, 0.5) is 5.95 Å². The third-order valence-corrected chi connectivity index (χ3v) is 9.72. The molecule has 5 atom stereocenters. The molecule has 4 aliphatic carbocycles. The molecule has 7 N–H and O–H groups in total. The minimum Gasteiger partial charge on any atom is -0.508 e. The van der Waals surface area contributed by atoms with E-state index in [1.54, 1.807) is 18.3 Å². The molecular weight excluding hydrogens is 522 g/mol. The molecule has 4 fully saturated rings. The number of phenolic OH excluding ortho intramolecular Hbond substituents is 1. The van der Waals surface area contributed by atoms with Gasteiger partial charge >= 0.3 is 0 Å². The molecule has 2 heterocycles. The van der Waals surface area contributed by atoms with Gasteiger partial charge in [-0.25, -0.2) is 4.98 Å². The van der Waals surface area contributed by atoms with Gasteiger partial charge in [0.05, 0.1) is 11.5 Å². The summed E-state index contributed by atoms with van der Waals surface area (Å²) in [6.45, 7) is 2.41. The van der Waals surface area contributed by atoms with Crippen LogP contribution in [0.25, 0.3) is 0 Å². The number of hydrogen-bond acceptors (Lipinski definition) is 8. The zero-order chi connectivity index (χ0) is 28.6. The van der Waals surface area contributed by atoms with Gasteiger partial charge in [0, 0.05) is 37.2 Å². The first-order valence-electron chi connectivity index (χ1n) is 14.7. The van der Waals surface area contributed by atoms with E-state index >= 15 is 0 Å². The van der Waals surface area contributed by atoms with Crippen LogP contribution in [-0.4, -0.2) is 60.1 Å². The van der Waals surface area contributed by atoms with Gasteiger partial charge in [0.1, 0.15) is 11.6 Å². The molecule has 0 radical (unpaired) electrons. The Hall–Kier alpha value is -3.96. The van der Waals surface area contributed by atoms with E-state index < -0.39 is 11.3 Å². The molecule has 1 aromatic carbocycles. The third kappa shape index (κ3) is 5.51. The Labute approximate surface area is 238 Å². The summed E-state index contributed by atoms with van der Waals surface area (Å²) in [4.78, 5) is 35.4. The summed E-state index contributed by atoms with van der Waals surface area (Å²) >= 11 is 0. The largest absolute Gasteiger partial charge is 0.508 e. The van der Waals surface area contributed by atoms with Crippen molar-refractivity contribution in [3.8, 4) is 5.75 Å². The molecule has 4 saturated carbocycles. The summed E-state index contributed by atoms with van der Waals surface area (Å²) in [6.07, 6.45) is 8.39. The zero-order valence-electron chi connectivity index (χ0n) is 23.3. The fourth-order valence-corrected chi connectivity index (χ4v) is 8.32. The minimum atomic E-state index is -0.661. The van der Waals surface area contributed by atoms with E-state index in [9.17, 15) is 14.7 Å². The molecule has 7 rings (SSSR count). The van der Waals surface area contributed by atoms with E-state index in [0.717, 1.165) is 49.2 Å². The number of nitrogens with two attached hydrogens (primary N) is 1. The lowest BCUT2D eigenvalue weighted by Crippen LogP contribution is -2.62. The lowest BCUT2D eigenvalue weighted by molar-refractivity contribution is -0.167. The number of H-pyrrole nitrogens is 2. The number of nitrogens with one attached hydrogen (secondary N) is 4. The molecule has 0 saturated heterocycles. The van der Waals surface area contributed by atoms with Gasteiger partial charge in [-0.05, 0) is 85.1 Å². The second kappa shape index (κ2) is 11.1. The maximum Gasteiger partial charge on any atom is 0.263 e. The Balaban J connectivity index is 1.30. The van der Waals surface area contributed by atoms with Gasteiger partial charge in [-0.15, -0.1) is 5.10 Å². The minimum absolute atomic E-state index is 0.0914. The fourth-order valence-electron chi connectivity index (χ4n) is 8.32. The summed E-state index contributed by atoms with van der Waals surface area (Å²) in [7, 11) is 0. The Kier molecular flexibility index (Phi) is 7.39. The molecule has 3 aromatic rings. The average molecular weight is 562 g/mol. The predicted octanol–water partition coefficient (Wildman–Crippen LogP) is 2.12. The number of hydrogen-bond donors (Lipinski definition) is 6. The quantitative estimate of drug-likeness (QED) is 0.194. The van der Waals surface area contributed by atoms with E-state index in [2.05, 4.69) is 41.2 Å². The predicted molar refractivity (Wildman–Crippen MR) is 150 cm³/mol. The second-order valence-electron chi connectivity index (χ2n) is 12.4. The Morgan fingerprint density at radius 2 is 1.90 bits per heavy atom. The van der Waals surface area contributed by atoms with Crippen LogP contribution in [-0.2, 0) is 28.9 Å². The first-order chi connectivity index (χ1) is 19.8. The van der Waals surface area contributed by atoms with Crippen LogP contribution < -0.4 is 16.4 Å². The molecule has 12 nitrogen and oxygen atoms in total. The van der Waals surface area contributed by atoms with Crippen molar-refractivity contribution in [2.24, 2.45) is 40.7 Å². The molecule has 2 amide bonds. The van der Waals surface area contributed by atoms with Crippen molar-refractivity contribution in [3.05, 3.63) is 47.5 Å². The summed E-state index contributed by atoms with van der Waals surface area (Å²) in [6, 6.07) is 6.69. The van der Waals surface area contributed by atoms with Gasteiger partial charge in [0.25, 0.3) is 5.95 Å². The van der Waals surface area contributed by atoms with Crippen molar-refractivity contribution in [1.82, 2.24) is 35.9 Å². The van der Waals surface area contributed by atoms with Gasteiger partial charge < -0.3 is 26.5 Å². The number of aromatic amines is 2. The van der Waals surface area contributed by atoms with Crippen LogP contribution in [0, 0.1) is 35.0 Å². The normalized spacial score (nSPS) is 27.8. The number of anilines is 1. The van der Waals surface area contributed by atoms with Gasteiger partial charge in [-0.2, -0.15) is 5.21 Å². The molecule has 3 unspecified atom stereocenters. The Bertz CT molecular complexity index is 1340. The Morgan fingerprint density at radius 1 is 1.15 bits per heavy atom. The van der Waals surface area contributed by atoms with Crippen molar-refractivity contribution < 1.29 is 14.7 Å². The highest BCUT2D eigenvalue weighted by molar-refractivity contribution is 5.85. The van der Waals surface area contributed by atoms with Crippen molar-refractivity contribution in [3.63, 3.8) is 0 Å². The summed E-state index contributed by atoms with van der Waals surface area (Å²) in [5.74, 6) is 1.78. The summed E-state index contributed by atoms with van der Waals surface area (Å²) in [5.41, 5.74) is 7.41. The number of aryl methyl sites for hydroxylation is 1. The molecule has 12 heteroatoms. The van der Waals surface area contributed by atoms with Gasteiger partial charge in [-0.3, -0.25) is 9.59 Å². The number of tetrazole rings is 1. The smallest absolute Gasteiger partial charge is 0.263 e. The van der Waals surface area contributed by atoms with Crippen LogP contribution in [0.2, 0.25) is 0 Å². The van der Waals surface area contributed by atoms with E-state index in [4.69, 9.17) is 5.73 Å². The van der Waals surface area contributed by atoms with Crippen LogP contribution >= 0.6 is 0 Å². The molecular formula is C29H39N9O3. The molecule has 218 valence electrons. The standard InChI is InChI=1S/C29H39N9O3/c1-2-24-31-14-20(33-24)11-21(15-32-28-35-37-38-36-28)34-26(40)23(10-16-3-5-22(39)6-4-16)25-19-8-17-7-18(9-19)13-29(25,12-17)27(30)41/h3-6,14,17-19,21,23,25,39H,2,7-13,15H2,1H3,(H2,30,41)(H,31,33)(H,34,40)(H2,32,35,36,37,38)/t17?,18?,19?,21-,23-,25?,29?/m0/s1. The maximum atomic E-state index is 14.4. The third-order valence-electron chi connectivity index (χ3n) is 9.72. The number of nitrogens with zero attached hydrogens (tertiary/aromatic N) is 4. The van der Waals surface area contributed by atoms with E-state index in [1.165, 1.54) is 6.42 Å². The first-order valence-corrected chi connectivity index (χ1v) is 14.7. The van der Waals surface area contributed by atoms with Gasteiger partial charge in [0.15, 0.2) is 0 Å². The second-order valence-corrected chi connectivity index (χ2v) is 12.4. The highest BCUT2D eigenvalue weighted by Gasteiger charge is 2.62. The van der Waals surface area contributed by atoms with E-state index in [0.29, 0.717) is 37.2 Å². The number of amides is 2. The molecule has 2 aromatic heterocycles. The number of carbonyl (C=O) groups excluding carboxylic acids is 2. The topological polar surface area (TPSA) is 188 Å². The lowest BCUT2D eigenvalue weighted by Gasteiger charge is -2.61. The number of imidazole rings is 1.